The second kappa shape index (κ2) is 7.01. The Morgan fingerprint density at radius 2 is 2.09 bits per heavy atom. The molecule has 8 heteroatoms. The van der Waals surface area contributed by atoms with Gasteiger partial charge in [0.25, 0.3) is 0 Å². The first-order valence-electron chi connectivity index (χ1n) is 6.88. The molecule has 0 aliphatic carbocycles. The summed E-state index contributed by atoms with van der Waals surface area (Å²) in [4.78, 5) is 17.7. The fourth-order valence-corrected chi connectivity index (χ4v) is 2.72. The minimum atomic E-state index is -0.297. The van der Waals surface area contributed by atoms with Crippen molar-refractivity contribution >= 4 is 23.5 Å². The van der Waals surface area contributed by atoms with Crippen molar-refractivity contribution < 1.29 is 9.21 Å². The Balaban J connectivity index is 1.51. The molecule has 3 aromatic rings. The Bertz CT molecular complexity index is 768. The standard InChI is InChI=1S/C15H15N5O2S/c1-20-9-14(8-18-20)23-13-4-2-11(3-5-13)19-15(21)17-7-12-6-16-10-22-12/h2-6,8-10H,7H2,1H3,(H2,17,19,21). The lowest BCUT2D eigenvalue weighted by molar-refractivity contribution is 0.251. The van der Waals surface area contributed by atoms with Gasteiger partial charge in [0.05, 0.1) is 23.8 Å². The van der Waals surface area contributed by atoms with Crippen LogP contribution in [0.15, 0.2) is 63.5 Å². The molecule has 0 saturated carbocycles. The minimum absolute atomic E-state index is 0.292. The highest BCUT2D eigenvalue weighted by molar-refractivity contribution is 7.99. The van der Waals surface area contributed by atoms with Gasteiger partial charge in [0, 0.05) is 23.8 Å². The number of oxazole rings is 1. The minimum Gasteiger partial charge on any atom is -0.447 e. The third-order valence-corrected chi connectivity index (χ3v) is 3.89. The zero-order valence-corrected chi connectivity index (χ0v) is 13.2. The Morgan fingerprint density at radius 1 is 1.26 bits per heavy atom. The van der Waals surface area contributed by atoms with E-state index in [0.717, 1.165) is 15.5 Å². The Hall–Kier alpha value is -2.74. The van der Waals surface area contributed by atoms with Gasteiger partial charge in [0.15, 0.2) is 6.39 Å². The quantitative estimate of drug-likeness (QED) is 0.752. The molecule has 3 rings (SSSR count). The van der Waals surface area contributed by atoms with Crippen molar-refractivity contribution in [3.8, 4) is 0 Å². The normalized spacial score (nSPS) is 10.5. The van der Waals surface area contributed by atoms with Crippen molar-refractivity contribution in [2.45, 2.75) is 16.3 Å². The first-order valence-corrected chi connectivity index (χ1v) is 7.69. The summed E-state index contributed by atoms with van der Waals surface area (Å²) in [5.41, 5.74) is 0.718. The van der Waals surface area contributed by atoms with Crippen LogP contribution in [0, 0.1) is 0 Å². The monoisotopic (exact) mass is 329 g/mol. The summed E-state index contributed by atoms with van der Waals surface area (Å²) >= 11 is 1.61. The van der Waals surface area contributed by atoms with E-state index in [0.29, 0.717) is 12.3 Å². The first kappa shape index (κ1) is 15.2. The summed E-state index contributed by atoms with van der Waals surface area (Å²) in [6, 6.07) is 7.31. The van der Waals surface area contributed by atoms with Crippen LogP contribution in [0.25, 0.3) is 0 Å². The molecule has 0 radical (unpaired) electrons. The van der Waals surface area contributed by atoms with E-state index < -0.39 is 0 Å². The van der Waals surface area contributed by atoms with E-state index in [2.05, 4.69) is 20.7 Å². The molecule has 0 bridgehead atoms. The summed E-state index contributed by atoms with van der Waals surface area (Å²) in [5.74, 6) is 0.600. The molecule has 118 valence electrons. The first-order chi connectivity index (χ1) is 11.2. The summed E-state index contributed by atoms with van der Waals surface area (Å²) in [5, 5.41) is 9.58. The van der Waals surface area contributed by atoms with Gasteiger partial charge in [-0.25, -0.2) is 9.78 Å². The molecule has 2 N–H and O–H groups in total. The molecule has 0 saturated heterocycles. The third kappa shape index (κ3) is 4.36. The Labute approximate surface area is 137 Å². The van der Waals surface area contributed by atoms with E-state index in [9.17, 15) is 4.79 Å². The lowest BCUT2D eigenvalue weighted by Gasteiger charge is -2.07. The van der Waals surface area contributed by atoms with Gasteiger partial charge in [0.2, 0.25) is 0 Å². The Kier molecular flexibility index (Phi) is 4.62. The molecule has 7 nitrogen and oxygen atoms in total. The second-order valence-electron chi connectivity index (χ2n) is 4.75. The van der Waals surface area contributed by atoms with E-state index in [-0.39, 0.29) is 6.03 Å². The molecule has 0 unspecified atom stereocenters. The van der Waals surface area contributed by atoms with Crippen molar-refractivity contribution in [2.24, 2.45) is 7.05 Å². The molecule has 0 aliphatic heterocycles. The van der Waals surface area contributed by atoms with Crippen molar-refractivity contribution in [2.75, 3.05) is 5.32 Å². The summed E-state index contributed by atoms with van der Waals surface area (Å²) in [6.07, 6.45) is 6.65. The van der Waals surface area contributed by atoms with Gasteiger partial charge in [-0.3, -0.25) is 4.68 Å². The predicted molar refractivity (Wildman–Crippen MR) is 86.1 cm³/mol. The van der Waals surface area contributed by atoms with Crippen molar-refractivity contribution in [3.05, 3.63) is 55.0 Å². The van der Waals surface area contributed by atoms with Crippen LogP contribution in [-0.4, -0.2) is 20.8 Å². The van der Waals surface area contributed by atoms with Crippen LogP contribution in [0.2, 0.25) is 0 Å². The number of aryl methyl sites for hydroxylation is 1. The van der Waals surface area contributed by atoms with Crippen molar-refractivity contribution in [1.82, 2.24) is 20.1 Å². The molecule has 0 aliphatic rings. The largest absolute Gasteiger partial charge is 0.447 e. The second-order valence-corrected chi connectivity index (χ2v) is 5.90. The molecule has 23 heavy (non-hydrogen) atoms. The van der Waals surface area contributed by atoms with Crippen LogP contribution >= 0.6 is 11.8 Å². The molecule has 0 atom stereocenters. The van der Waals surface area contributed by atoms with E-state index in [1.165, 1.54) is 6.39 Å². The van der Waals surface area contributed by atoms with Crippen LogP contribution in [0.4, 0.5) is 10.5 Å². The highest BCUT2D eigenvalue weighted by Gasteiger charge is 2.04. The van der Waals surface area contributed by atoms with Gasteiger partial charge in [-0.05, 0) is 24.3 Å². The molecular formula is C15H15N5O2S. The maximum Gasteiger partial charge on any atom is 0.319 e. The zero-order chi connectivity index (χ0) is 16.1. The molecule has 2 heterocycles. The summed E-state index contributed by atoms with van der Waals surface area (Å²) < 4.78 is 6.81. The number of hydrogen-bond donors (Lipinski definition) is 2. The maximum atomic E-state index is 11.8. The molecule has 1 aromatic carbocycles. The van der Waals surface area contributed by atoms with Crippen molar-refractivity contribution in [3.63, 3.8) is 0 Å². The van der Waals surface area contributed by atoms with Crippen LogP contribution in [0.1, 0.15) is 5.76 Å². The smallest absolute Gasteiger partial charge is 0.319 e. The number of urea groups is 1. The molecule has 0 spiro atoms. The van der Waals surface area contributed by atoms with Crippen molar-refractivity contribution in [1.29, 1.82) is 0 Å². The van der Waals surface area contributed by atoms with Gasteiger partial charge < -0.3 is 15.1 Å². The van der Waals surface area contributed by atoms with E-state index >= 15 is 0 Å². The molecular weight excluding hydrogens is 314 g/mol. The topological polar surface area (TPSA) is 85.0 Å². The Morgan fingerprint density at radius 3 is 2.74 bits per heavy atom. The number of nitrogens with zero attached hydrogens (tertiary/aromatic N) is 3. The maximum absolute atomic E-state index is 11.8. The highest BCUT2D eigenvalue weighted by Crippen LogP contribution is 2.27. The van der Waals surface area contributed by atoms with E-state index in [1.54, 1.807) is 22.6 Å². The number of carbonyl (C=O) groups excluding carboxylic acids is 1. The lowest BCUT2D eigenvalue weighted by Crippen LogP contribution is -2.27. The SMILES string of the molecule is Cn1cc(Sc2ccc(NC(=O)NCc3cnco3)cc2)cn1. The van der Waals surface area contributed by atoms with Gasteiger partial charge in [-0.2, -0.15) is 5.10 Å². The number of benzene rings is 1. The number of aromatic nitrogens is 3. The molecule has 0 fully saturated rings. The van der Waals surface area contributed by atoms with Gasteiger partial charge in [-0.15, -0.1) is 0 Å². The number of amides is 2. The predicted octanol–water partition coefficient (Wildman–Crippen LogP) is 2.88. The number of hydrogen-bond acceptors (Lipinski definition) is 5. The van der Waals surface area contributed by atoms with Crippen LogP contribution in [-0.2, 0) is 13.6 Å². The molecule has 2 aromatic heterocycles. The zero-order valence-electron chi connectivity index (χ0n) is 12.4. The third-order valence-electron chi connectivity index (χ3n) is 2.94. The number of anilines is 1. The van der Waals surface area contributed by atoms with Crippen LogP contribution in [0.3, 0.4) is 0 Å². The number of rotatable bonds is 5. The average molecular weight is 329 g/mol. The fourth-order valence-electron chi connectivity index (χ4n) is 1.87. The summed E-state index contributed by atoms with van der Waals surface area (Å²) in [7, 11) is 1.88. The van der Waals surface area contributed by atoms with Gasteiger partial charge in [-0.1, -0.05) is 11.8 Å². The lowest BCUT2D eigenvalue weighted by atomic mass is 10.3. The molecule has 2 amide bonds. The van der Waals surface area contributed by atoms with E-state index in [1.807, 2.05) is 43.7 Å². The van der Waals surface area contributed by atoms with Gasteiger partial charge in [0.1, 0.15) is 5.76 Å². The van der Waals surface area contributed by atoms with Crippen LogP contribution in [0.5, 0.6) is 0 Å². The summed E-state index contributed by atoms with van der Waals surface area (Å²) in [6.45, 7) is 0.292. The van der Waals surface area contributed by atoms with Gasteiger partial charge >= 0.3 is 6.03 Å². The number of nitrogens with one attached hydrogen (secondary N) is 2. The number of carbonyl (C=O) groups is 1. The highest BCUT2D eigenvalue weighted by atomic mass is 32.2. The fraction of sp³-hybridized carbons (Fsp3) is 0.133. The van der Waals surface area contributed by atoms with E-state index in [4.69, 9.17) is 4.42 Å². The van der Waals surface area contributed by atoms with Crippen LogP contribution < -0.4 is 10.6 Å². The average Bonchev–Trinajstić information content (AvgIpc) is 3.19.